The van der Waals surface area contributed by atoms with Crippen LogP contribution in [0.25, 0.3) is 0 Å². The Bertz CT molecular complexity index is 325. The summed E-state index contributed by atoms with van der Waals surface area (Å²) in [5, 5.41) is 11.1. The van der Waals surface area contributed by atoms with Crippen molar-refractivity contribution in [2.45, 2.75) is 18.9 Å². The van der Waals surface area contributed by atoms with E-state index in [1.54, 1.807) is 31.2 Å². The molecule has 3 heteroatoms. The summed E-state index contributed by atoms with van der Waals surface area (Å²) in [4.78, 5) is 0. The summed E-state index contributed by atoms with van der Waals surface area (Å²) in [6, 6.07) is 5.17. The molecule has 0 radical (unpaired) electrons. The number of rotatable bonds is 3. The van der Waals surface area contributed by atoms with E-state index < -0.39 is 5.60 Å². The number of aliphatic hydroxyl groups is 1. The van der Waals surface area contributed by atoms with Gasteiger partial charge >= 0.3 is 0 Å². The number of hydrogen-bond donors (Lipinski definition) is 1. The highest BCUT2D eigenvalue weighted by molar-refractivity contribution is 6.36. The average Bonchev–Trinajstić information content (AvgIpc) is 2.02. The summed E-state index contributed by atoms with van der Waals surface area (Å²) in [6.07, 6.45) is 2.05. The largest absolute Gasteiger partial charge is 0.385 e. The van der Waals surface area contributed by atoms with Crippen LogP contribution >= 0.6 is 23.2 Å². The second-order valence-corrected chi connectivity index (χ2v) is 4.18. The van der Waals surface area contributed by atoms with E-state index in [4.69, 9.17) is 23.2 Å². The van der Waals surface area contributed by atoms with E-state index in [-0.39, 0.29) is 0 Å². The minimum absolute atomic E-state index is 0.413. The summed E-state index contributed by atoms with van der Waals surface area (Å²) in [5.74, 6) is 0. The Morgan fingerprint density at radius 1 is 1.43 bits per heavy atom. The van der Waals surface area contributed by atoms with Crippen LogP contribution in [-0.2, 0) is 5.60 Å². The summed E-state index contributed by atoms with van der Waals surface area (Å²) in [6.45, 7) is 5.25. The standard InChI is InChI=1S/C11H12Cl2O/c1-3-7-11(2,14)10-8(12)5-4-6-9(10)13/h3-6,14H,1,7H2,2H3. The molecule has 0 aliphatic heterocycles. The van der Waals surface area contributed by atoms with Gasteiger partial charge in [0.25, 0.3) is 0 Å². The maximum Gasteiger partial charge on any atom is 0.0931 e. The van der Waals surface area contributed by atoms with E-state index in [1.807, 2.05) is 0 Å². The molecule has 1 atom stereocenters. The SMILES string of the molecule is C=CCC(C)(O)c1c(Cl)cccc1Cl. The molecule has 1 unspecified atom stereocenters. The van der Waals surface area contributed by atoms with E-state index in [1.165, 1.54) is 0 Å². The van der Waals surface area contributed by atoms with Crippen molar-refractivity contribution in [3.8, 4) is 0 Å². The van der Waals surface area contributed by atoms with Crippen LogP contribution < -0.4 is 0 Å². The van der Waals surface area contributed by atoms with Crippen LogP contribution in [0.3, 0.4) is 0 Å². The maximum absolute atomic E-state index is 10.1. The van der Waals surface area contributed by atoms with Crippen LogP contribution in [0.15, 0.2) is 30.9 Å². The van der Waals surface area contributed by atoms with E-state index >= 15 is 0 Å². The number of benzene rings is 1. The lowest BCUT2D eigenvalue weighted by atomic mass is 9.92. The molecule has 1 aromatic rings. The van der Waals surface area contributed by atoms with Crippen molar-refractivity contribution in [1.82, 2.24) is 0 Å². The Labute approximate surface area is 94.0 Å². The Morgan fingerprint density at radius 2 is 1.93 bits per heavy atom. The van der Waals surface area contributed by atoms with Crippen molar-refractivity contribution < 1.29 is 5.11 Å². The fourth-order valence-corrected chi connectivity index (χ4v) is 2.20. The molecule has 1 N–H and O–H groups in total. The van der Waals surface area contributed by atoms with Crippen LogP contribution in [-0.4, -0.2) is 5.11 Å². The van der Waals surface area contributed by atoms with E-state index in [0.29, 0.717) is 22.0 Å². The molecule has 0 amide bonds. The van der Waals surface area contributed by atoms with Gasteiger partial charge in [-0.2, -0.15) is 0 Å². The van der Waals surface area contributed by atoms with Gasteiger partial charge in [-0.1, -0.05) is 35.3 Å². The van der Waals surface area contributed by atoms with Crippen LogP contribution in [0.4, 0.5) is 0 Å². The lowest BCUT2D eigenvalue weighted by Crippen LogP contribution is -2.21. The zero-order chi connectivity index (χ0) is 10.8. The van der Waals surface area contributed by atoms with Crippen molar-refractivity contribution >= 4 is 23.2 Å². The normalized spacial score (nSPS) is 14.9. The van der Waals surface area contributed by atoms with Crippen molar-refractivity contribution in [3.05, 3.63) is 46.5 Å². The predicted molar refractivity (Wildman–Crippen MR) is 60.8 cm³/mol. The molecular weight excluding hydrogens is 219 g/mol. The first-order valence-electron chi connectivity index (χ1n) is 4.27. The molecule has 0 spiro atoms. The molecule has 0 aromatic heterocycles. The third-order valence-corrected chi connectivity index (χ3v) is 2.67. The van der Waals surface area contributed by atoms with Gasteiger partial charge in [-0.3, -0.25) is 0 Å². The van der Waals surface area contributed by atoms with Crippen LogP contribution in [0.5, 0.6) is 0 Å². The van der Waals surface area contributed by atoms with Crippen LogP contribution in [0, 0.1) is 0 Å². The molecule has 76 valence electrons. The summed E-state index contributed by atoms with van der Waals surface area (Å²) < 4.78 is 0. The van der Waals surface area contributed by atoms with E-state index in [0.717, 1.165) is 0 Å². The van der Waals surface area contributed by atoms with Gasteiger partial charge in [0.15, 0.2) is 0 Å². The van der Waals surface area contributed by atoms with Crippen LogP contribution in [0.1, 0.15) is 18.9 Å². The van der Waals surface area contributed by atoms with Gasteiger partial charge in [0.1, 0.15) is 0 Å². The van der Waals surface area contributed by atoms with Gasteiger partial charge < -0.3 is 5.11 Å². The van der Waals surface area contributed by atoms with Gasteiger partial charge in [-0.05, 0) is 25.5 Å². The van der Waals surface area contributed by atoms with Crippen molar-refractivity contribution in [2.75, 3.05) is 0 Å². The number of halogens is 2. The summed E-state index contributed by atoms with van der Waals surface area (Å²) in [5.41, 5.74) is -0.500. The topological polar surface area (TPSA) is 20.2 Å². The molecule has 0 aliphatic carbocycles. The minimum Gasteiger partial charge on any atom is -0.385 e. The second-order valence-electron chi connectivity index (χ2n) is 3.36. The molecule has 1 aromatic carbocycles. The monoisotopic (exact) mass is 230 g/mol. The molecule has 0 fully saturated rings. The molecule has 0 bridgehead atoms. The highest BCUT2D eigenvalue weighted by Crippen LogP contribution is 2.36. The van der Waals surface area contributed by atoms with E-state index in [2.05, 4.69) is 6.58 Å². The lowest BCUT2D eigenvalue weighted by Gasteiger charge is -2.24. The summed E-state index contributed by atoms with van der Waals surface area (Å²) in [7, 11) is 0. The Kier molecular flexibility index (Phi) is 3.59. The zero-order valence-electron chi connectivity index (χ0n) is 7.93. The molecule has 1 nitrogen and oxygen atoms in total. The quantitative estimate of drug-likeness (QED) is 0.785. The van der Waals surface area contributed by atoms with Gasteiger partial charge in [-0.25, -0.2) is 0 Å². The molecule has 0 saturated carbocycles. The second kappa shape index (κ2) is 4.35. The highest BCUT2D eigenvalue weighted by atomic mass is 35.5. The Balaban J connectivity index is 3.23. The third-order valence-electron chi connectivity index (χ3n) is 2.04. The van der Waals surface area contributed by atoms with Crippen LogP contribution in [0.2, 0.25) is 10.0 Å². The Morgan fingerprint density at radius 3 is 2.36 bits per heavy atom. The zero-order valence-corrected chi connectivity index (χ0v) is 9.44. The first kappa shape index (κ1) is 11.6. The smallest absolute Gasteiger partial charge is 0.0931 e. The predicted octanol–water partition coefficient (Wildman–Crippen LogP) is 3.78. The Hall–Kier alpha value is -0.500. The van der Waals surface area contributed by atoms with Crippen molar-refractivity contribution in [1.29, 1.82) is 0 Å². The van der Waals surface area contributed by atoms with Gasteiger partial charge in [0.05, 0.1) is 5.60 Å². The van der Waals surface area contributed by atoms with Gasteiger partial charge in [0, 0.05) is 15.6 Å². The fourth-order valence-electron chi connectivity index (χ4n) is 1.40. The highest BCUT2D eigenvalue weighted by Gasteiger charge is 2.26. The first-order chi connectivity index (χ1) is 6.49. The van der Waals surface area contributed by atoms with Crippen molar-refractivity contribution in [2.24, 2.45) is 0 Å². The maximum atomic E-state index is 10.1. The summed E-state index contributed by atoms with van der Waals surface area (Å²) >= 11 is 11.9. The molecule has 14 heavy (non-hydrogen) atoms. The molecule has 0 heterocycles. The number of hydrogen-bond acceptors (Lipinski definition) is 1. The fraction of sp³-hybridized carbons (Fsp3) is 0.273. The first-order valence-corrected chi connectivity index (χ1v) is 5.02. The van der Waals surface area contributed by atoms with E-state index in [9.17, 15) is 5.11 Å². The van der Waals surface area contributed by atoms with Crippen molar-refractivity contribution in [3.63, 3.8) is 0 Å². The molecular formula is C11H12Cl2O. The molecule has 0 aliphatic rings. The lowest BCUT2D eigenvalue weighted by molar-refractivity contribution is 0.0609. The van der Waals surface area contributed by atoms with Gasteiger partial charge in [-0.15, -0.1) is 6.58 Å². The average molecular weight is 231 g/mol. The molecule has 0 saturated heterocycles. The minimum atomic E-state index is -1.06. The van der Waals surface area contributed by atoms with Gasteiger partial charge in [0.2, 0.25) is 0 Å². The third kappa shape index (κ3) is 2.30. The molecule has 1 rings (SSSR count).